The first-order chi connectivity index (χ1) is 10.3. The quantitative estimate of drug-likeness (QED) is 0.671. The fourth-order valence-electron chi connectivity index (χ4n) is 3.63. The average Bonchev–Trinajstić information content (AvgIpc) is 2.70. The van der Waals surface area contributed by atoms with Crippen LogP contribution in [0.15, 0.2) is 0 Å². The predicted molar refractivity (Wildman–Crippen MR) is 81.9 cm³/mol. The van der Waals surface area contributed by atoms with E-state index in [9.17, 15) is 13.2 Å². The molecule has 0 aliphatic carbocycles. The van der Waals surface area contributed by atoms with E-state index in [0.29, 0.717) is 52.2 Å². The number of ether oxygens (including phenoxy) is 2. The molecule has 0 aromatic carbocycles. The monoisotopic (exact) mass is 334 g/mol. The highest BCUT2D eigenvalue weighted by Gasteiger charge is 2.53. The Morgan fingerprint density at radius 2 is 1.86 bits per heavy atom. The molecule has 2 heterocycles. The maximum Gasteiger partial charge on any atom is 0.228 e. The second kappa shape index (κ2) is 6.82. The number of hydrogen-bond donors (Lipinski definition) is 0. The number of methoxy groups -OCH3 is 2. The summed E-state index contributed by atoms with van der Waals surface area (Å²) >= 11 is 0. The number of nitrogens with zero attached hydrogens (tertiary/aromatic N) is 2. The summed E-state index contributed by atoms with van der Waals surface area (Å²) in [7, 11) is 0.0607. The molecule has 1 spiro atoms. The van der Waals surface area contributed by atoms with Crippen molar-refractivity contribution < 1.29 is 22.7 Å². The second-order valence-electron chi connectivity index (χ2n) is 6.28. The van der Waals surface area contributed by atoms with Crippen molar-refractivity contribution >= 4 is 15.9 Å². The Hall–Kier alpha value is -0.700. The lowest BCUT2D eigenvalue weighted by atomic mass is 9.71. The van der Waals surface area contributed by atoms with Crippen LogP contribution in [-0.4, -0.2) is 83.4 Å². The number of hydrogen-bond acceptors (Lipinski definition) is 5. The van der Waals surface area contributed by atoms with Crippen LogP contribution in [0.5, 0.6) is 0 Å². The van der Waals surface area contributed by atoms with Crippen molar-refractivity contribution in [3.63, 3.8) is 0 Å². The van der Waals surface area contributed by atoms with E-state index in [1.165, 1.54) is 10.6 Å². The van der Waals surface area contributed by atoms with Gasteiger partial charge in [0.05, 0.1) is 25.4 Å². The van der Waals surface area contributed by atoms with Gasteiger partial charge in [0.25, 0.3) is 0 Å². The Morgan fingerprint density at radius 1 is 1.23 bits per heavy atom. The van der Waals surface area contributed by atoms with Gasteiger partial charge in [-0.15, -0.1) is 0 Å². The van der Waals surface area contributed by atoms with Crippen molar-refractivity contribution in [1.29, 1.82) is 0 Å². The molecule has 0 bridgehead atoms. The Balaban J connectivity index is 2.12. The summed E-state index contributed by atoms with van der Waals surface area (Å²) in [5.74, 6) is -0.0808. The minimum absolute atomic E-state index is 0.103. The zero-order chi connectivity index (χ0) is 16.4. The molecule has 8 heteroatoms. The molecular weight excluding hydrogens is 308 g/mol. The van der Waals surface area contributed by atoms with Crippen LogP contribution in [0.2, 0.25) is 0 Å². The van der Waals surface area contributed by atoms with E-state index in [4.69, 9.17) is 9.47 Å². The second-order valence-corrected chi connectivity index (χ2v) is 8.27. The SMILES string of the molecule is COCCN1CC2(CCN(S(C)(=O)=O)CC2)[C@H](COC)C1=O. The lowest BCUT2D eigenvalue weighted by Crippen LogP contribution is -2.47. The first kappa shape index (κ1) is 17.7. The third kappa shape index (κ3) is 3.45. The molecule has 22 heavy (non-hydrogen) atoms. The highest BCUT2D eigenvalue weighted by Crippen LogP contribution is 2.45. The van der Waals surface area contributed by atoms with Gasteiger partial charge in [-0.1, -0.05) is 0 Å². The molecular formula is C14H26N2O5S. The minimum Gasteiger partial charge on any atom is -0.384 e. The topological polar surface area (TPSA) is 76.2 Å². The number of carbonyl (C=O) groups excluding carboxylic acids is 1. The van der Waals surface area contributed by atoms with Crippen LogP contribution in [0, 0.1) is 11.3 Å². The molecule has 128 valence electrons. The van der Waals surface area contributed by atoms with Crippen molar-refractivity contribution in [3.8, 4) is 0 Å². The molecule has 2 saturated heterocycles. The Labute approximate surface area is 132 Å². The van der Waals surface area contributed by atoms with E-state index < -0.39 is 10.0 Å². The molecule has 0 radical (unpaired) electrons. The molecule has 0 N–H and O–H groups in total. The maximum absolute atomic E-state index is 12.6. The molecule has 1 amide bonds. The van der Waals surface area contributed by atoms with Gasteiger partial charge < -0.3 is 14.4 Å². The van der Waals surface area contributed by atoms with Crippen LogP contribution in [0.25, 0.3) is 0 Å². The summed E-state index contributed by atoms with van der Waals surface area (Å²) in [6, 6.07) is 0. The highest BCUT2D eigenvalue weighted by atomic mass is 32.2. The molecule has 7 nitrogen and oxygen atoms in total. The maximum atomic E-state index is 12.6. The minimum atomic E-state index is -3.16. The van der Waals surface area contributed by atoms with E-state index in [1.54, 1.807) is 14.2 Å². The Morgan fingerprint density at radius 3 is 2.36 bits per heavy atom. The van der Waals surface area contributed by atoms with Crippen LogP contribution in [-0.2, 0) is 24.3 Å². The van der Waals surface area contributed by atoms with Crippen LogP contribution in [0.3, 0.4) is 0 Å². The zero-order valence-corrected chi connectivity index (χ0v) is 14.4. The number of rotatable bonds is 6. The van der Waals surface area contributed by atoms with Gasteiger partial charge in [0.15, 0.2) is 0 Å². The van der Waals surface area contributed by atoms with Gasteiger partial charge in [-0.3, -0.25) is 4.79 Å². The van der Waals surface area contributed by atoms with Crippen molar-refractivity contribution in [3.05, 3.63) is 0 Å². The number of likely N-dealkylation sites (tertiary alicyclic amines) is 1. The molecule has 0 saturated carbocycles. The fraction of sp³-hybridized carbons (Fsp3) is 0.929. The third-order valence-corrected chi connectivity index (χ3v) is 6.24. The number of piperidine rings is 1. The van der Waals surface area contributed by atoms with Crippen molar-refractivity contribution in [2.75, 3.05) is 59.9 Å². The van der Waals surface area contributed by atoms with E-state index in [-0.39, 0.29) is 17.2 Å². The number of sulfonamides is 1. The van der Waals surface area contributed by atoms with E-state index in [0.717, 1.165) is 0 Å². The summed E-state index contributed by atoms with van der Waals surface area (Å²) in [4.78, 5) is 14.4. The van der Waals surface area contributed by atoms with Gasteiger partial charge in [0.2, 0.25) is 15.9 Å². The van der Waals surface area contributed by atoms with Crippen LogP contribution >= 0.6 is 0 Å². The highest BCUT2D eigenvalue weighted by molar-refractivity contribution is 7.88. The van der Waals surface area contributed by atoms with E-state index in [1.807, 2.05) is 4.90 Å². The molecule has 1 atom stereocenters. The van der Waals surface area contributed by atoms with Crippen LogP contribution in [0.1, 0.15) is 12.8 Å². The molecule has 0 unspecified atom stereocenters. The normalized spacial score (nSPS) is 26.0. The van der Waals surface area contributed by atoms with Gasteiger partial charge in [-0.05, 0) is 12.8 Å². The van der Waals surface area contributed by atoms with Crippen molar-refractivity contribution in [2.24, 2.45) is 11.3 Å². The van der Waals surface area contributed by atoms with Crippen molar-refractivity contribution in [1.82, 2.24) is 9.21 Å². The number of amides is 1. The van der Waals surface area contributed by atoms with Gasteiger partial charge in [-0.25, -0.2) is 12.7 Å². The lowest BCUT2D eigenvalue weighted by molar-refractivity contribution is -0.134. The smallest absolute Gasteiger partial charge is 0.228 e. The van der Waals surface area contributed by atoms with Crippen LogP contribution < -0.4 is 0 Å². The molecule has 0 aromatic heterocycles. The number of carbonyl (C=O) groups is 1. The summed E-state index contributed by atoms with van der Waals surface area (Å²) in [6.45, 7) is 3.10. The summed E-state index contributed by atoms with van der Waals surface area (Å²) in [5.41, 5.74) is -0.179. The lowest BCUT2D eigenvalue weighted by Gasteiger charge is -2.40. The van der Waals surface area contributed by atoms with Gasteiger partial charge in [-0.2, -0.15) is 0 Å². The molecule has 0 aromatic rings. The summed E-state index contributed by atoms with van der Waals surface area (Å²) in [5, 5.41) is 0. The Bertz CT molecular complexity index is 499. The van der Waals surface area contributed by atoms with E-state index in [2.05, 4.69) is 0 Å². The average molecular weight is 334 g/mol. The summed E-state index contributed by atoms with van der Waals surface area (Å²) < 4.78 is 35.2. The molecule has 2 aliphatic heterocycles. The van der Waals surface area contributed by atoms with Crippen molar-refractivity contribution in [2.45, 2.75) is 12.8 Å². The van der Waals surface area contributed by atoms with Gasteiger partial charge >= 0.3 is 0 Å². The Kier molecular flexibility index (Phi) is 5.47. The van der Waals surface area contributed by atoms with Gasteiger partial charge in [0.1, 0.15) is 0 Å². The zero-order valence-electron chi connectivity index (χ0n) is 13.6. The third-order valence-electron chi connectivity index (χ3n) is 4.94. The van der Waals surface area contributed by atoms with Gasteiger partial charge in [0, 0.05) is 45.8 Å². The molecule has 2 fully saturated rings. The fourth-order valence-corrected chi connectivity index (χ4v) is 4.47. The van der Waals surface area contributed by atoms with E-state index >= 15 is 0 Å². The first-order valence-electron chi connectivity index (χ1n) is 7.56. The standard InChI is InChI=1S/C14H26N2O5S/c1-20-9-8-15-11-14(12(10-21-2)13(15)17)4-6-16(7-5-14)22(3,18)19/h12H,4-11H2,1-3H3/t12-/m1/s1. The summed E-state index contributed by atoms with van der Waals surface area (Å²) in [6.07, 6.45) is 2.63. The molecule has 2 rings (SSSR count). The first-order valence-corrected chi connectivity index (χ1v) is 9.41. The largest absolute Gasteiger partial charge is 0.384 e. The molecule has 2 aliphatic rings. The predicted octanol–water partition coefficient (Wildman–Crippen LogP) is -0.221. The van der Waals surface area contributed by atoms with Crippen LogP contribution in [0.4, 0.5) is 0 Å².